The second-order valence-electron chi connectivity index (χ2n) is 2.42. The lowest BCUT2D eigenvalue weighted by molar-refractivity contribution is -0.298. The average molecular weight is 175 g/mol. The van der Waals surface area contributed by atoms with Crippen LogP contribution in [0.25, 0.3) is 0 Å². The fourth-order valence-corrected chi connectivity index (χ4v) is 0.796. The van der Waals surface area contributed by atoms with Gasteiger partial charge in [-0.1, -0.05) is 0 Å². The molecule has 1 fully saturated rings. The van der Waals surface area contributed by atoms with Crippen LogP contribution in [0, 0.1) is 0 Å². The van der Waals surface area contributed by atoms with E-state index in [9.17, 15) is 22.0 Å². The lowest BCUT2D eigenvalue weighted by atomic mass is 10.00. The molecule has 0 bridgehead atoms. The first-order valence-corrected chi connectivity index (χ1v) is 3.03. The first-order valence-electron chi connectivity index (χ1n) is 3.03. The Balaban J connectivity index is 2.64. The highest BCUT2D eigenvalue weighted by molar-refractivity contribution is 4.94. The summed E-state index contributed by atoms with van der Waals surface area (Å²) in [5.41, 5.74) is 0. The molecule has 1 atom stereocenters. The van der Waals surface area contributed by atoms with E-state index in [-0.39, 0.29) is 13.0 Å². The highest BCUT2D eigenvalue weighted by Gasteiger charge is 2.63. The molecule has 1 aliphatic heterocycles. The molecule has 11 heavy (non-hydrogen) atoms. The number of alkyl halides is 5. The fourth-order valence-electron chi connectivity index (χ4n) is 0.796. The van der Waals surface area contributed by atoms with E-state index in [1.165, 1.54) is 0 Å². The zero-order valence-electron chi connectivity index (χ0n) is 5.38. The van der Waals surface area contributed by atoms with Gasteiger partial charge in [0.2, 0.25) is 0 Å². The molecular formula is C5H6F5N. The monoisotopic (exact) mass is 175 g/mol. The summed E-state index contributed by atoms with van der Waals surface area (Å²) in [4.78, 5) is 0. The predicted molar refractivity (Wildman–Crippen MR) is 27.4 cm³/mol. The number of hydrogen-bond donors (Lipinski definition) is 1. The highest BCUT2D eigenvalue weighted by atomic mass is 19.4. The Morgan fingerprint density at radius 1 is 1.09 bits per heavy atom. The summed E-state index contributed by atoms with van der Waals surface area (Å²) in [5, 5.41) is 2.02. The van der Waals surface area contributed by atoms with Crippen molar-refractivity contribution in [3.8, 4) is 0 Å². The Labute approximate surface area is 59.6 Å². The van der Waals surface area contributed by atoms with Crippen LogP contribution >= 0.6 is 0 Å². The summed E-state index contributed by atoms with van der Waals surface area (Å²) < 4.78 is 58.9. The Hall–Kier alpha value is -0.390. The van der Waals surface area contributed by atoms with Crippen molar-refractivity contribution in [2.45, 2.75) is 24.6 Å². The molecule has 0 amide bonds. The van der Waals surface area contributed by atoms with Crippen molar-refractivity contribution in [3.05, 3.63) is 0 Å². The van der Waals surface area contributed by atoms with Gasteiger partial charge in [0.25, 0.3) is 0 Å². The zero-order chi connectivity index (χ0) is 8.70. The summed E-state index contributed by atoms with van der Waals surface area (Å²) in [6.45, 7) is 0.232. The summed E-state index contributed by atoms with van der Waals surface area (Å²) in [7, 11) is 0. The Morgan fingerprint density at radius 3 is 1.64 bits per heavy atom. The van der Waals surface area contributed by atoms with E-state index in [0.717, 1.165) is 0 Å². The molecule has 0 aromatic heterocycles. The third-order valence-electron chi connectivity index (χ3n) is 1.64. The van der Waals surface area contributed by atoms with Crippen molar-refractivity contribution in [2.24, 2.45) is 0 Å². The number of hydrogen-bond acceptors (Lipinski definition) is 1. The summed E-state index contributed by atoms with van der Waals surface area (Å²) >= 11 is 0. The molecule has 0 aromatic carbocycles. The lowest BCUT2D eigenvalue weighted by Crippen LogP contribution is -2.60. The van der Waals surface area contributed by atoms with Crippen molar-refractivity contribution in [1.82, 2.24) is 5.32 Å². The molecule has 1 rings (SSSR count). The number of rotatable bonds is 1. The summed E-state index contributed by atoms with van der Waals surface area (Å²) in [6, 6.07) is -1.72. The van der Waals surface area contributed by atoms with Crippen LogP contribution in [-0.4, -0.2) is 24.7 Å². The van der Waals surface area contributed by atoms with E-state index >= 15 is 0 Å². The Bertz CT molecular complexity index is 147. The van der Waals surface area contributed by atoms with E-state index < -0.39 is 18.1 Å². The van der Waals surface area contributed by atoms with Crippen LogP contribution in [0.5, 0.6) is 0 Å². The predicted octanol–water partition coefficient (Wildman–Crippen LogP) is 1.55. The van der Waals surface area contributed by atoms with Crippen LogP contribution in [0.2, 0.25) is 0 Å². The van der Waals surface area contributed by atoms with Crippen LogP contribution in [0.1, 0.15) is 6.42 Å². The van der Waals surface area contributed by atoms with Crippen LogP contribution in [-0.2, 0) is 0 Å². The molecule has 1 nitrogen and oxygen atoms in total. The van der Waals surface area contributed by atoms with Gasteiger partial charge >= 0.3 is 12.1 Å². The molecular weight excluding hydrogens is 169 g/mol. The number of halogens is 5. The quantitative estimate of drug-likeness (QED) is 0.596. The minimum Gasteiger partial charge on any atom is -0.308 e. The van der Waals surface area contributed by atoms with E-state index in [2.05, 4.69) is 0 Å². The molecule has 1 aliphatic rings. The van der Waals surface area contributed by atoms with Crippen molar-refractivity contribution in [3.63, 3.8) is 0 Å². The van der Waals surface area contributed by atoms with Crippen molar-refractivity contribution in [1.29, 1.82) is 0 Å². The molecule has 0 aromatic rings. The van der Waals surface area contributed by atoms with Crippen LogP contribution in [0.4, 0.5) is 22.0 Å². The van der Waals surface area contributed by atoms with Gasteiger partial charge in [-0.15, -0.1) is 0 Å². The van der Waals surface area contributed by atoms with Gasteiger partial charge < -0.3 is 5.32 Å². The Morgan fingerprint density at radius 2 is 1.55 bits per heavy atom. The summed E-state index contributed by atoms with van der Waals surface area (Å²) in [5.74, 6) is -4.58. The van der Waals surface area contributed by atoms with E-state index in [0.29, 0.717) is 0 Å². The second kappa shape index (κ2) is 2.30. The first-order chi connectivity index (χ1) is 4.86. The molecule has 0 spiro atoms. The van der Waals surface area contributed by atoms with Gasteiger partial charge in [0.15, 0.2) is 0 Å². The fraction of sp³-hybridized carbons (Fsp3) is 1.00. The maximum Gasteiger partial charge on any atom is 0.454 e. The van der Waals surface area contributed by atoms with Gasteiger partial charge in [-0.3, -0.25) is 0 Å². The van der Waals surface area contributed by atoms with Crippen molar-refractivity contribution in [2.75, 3.05) is 6.54 Å². The van der Waals surface area contributed by atoms with Crippen molar-refractivity contribution >= 4 is 0 Å². The maximum absolute atomic E-state index is 12.2. The first kappa shape index (κ1) is 8.70. The van der Waals surface area contributed by atoms with Crippen LogP contribution < -0.4 is 5.32 Å². The normalized spacial score (nSPS) is 26.5. The molecule has 0 aliphatic carbocycles. The third kappa shape index (κ3) is 1.31. The van der Waals surface area contributed by atoms with Crippen LogP contribution in [0.3, 0.4) is 0 Å². The topological polar surface area (TPSA) is 12.0 Å². The zero-order valence-corrected chi connectivity index (χ0v) is 5.38. The molecule has 0 radical (unpaired) electrons. The van der Waals surface area contributed by atoms with Crippen LogP contribution in [0.15, 0.2) is 0 Å². The maximum atomic E-state index is 12.2. The molecule has 1 unspecified atom stereocenters. The van der Waals surface area contributed by atoms with Gasteiger partial charge in [-0.2, -0.15) is 22.0 Å². The van der Waals surface area contributed by atoms with Gasteiger partial charge in [0.05, 0.1) is 6.04 Å². The average Bonchev–Trinajstić information content (AvgIpc) is 1.53. The molecule has 1 saturated heterocycles. The van der Waals surface area contributed by atoms with Crippen molar-refractivity contribution < 1.29 is 22.0 Å². The highest BCUT2D eigenvalue weighted by Crippen LogP contribution is 2.40. The van der Waals surface area contributed by atoms with E-state index in [4.69, 9.17) is 0 Å². The third-order valence-corrected chi connectivity index (χ3v) is 1.64. The molecule has 1 N–H and O–H groups in total. The summed E-state index contributed by atoms with van der Waals surface area (Å²) in [6.07, 6.45) is -5.54. The lowest BCUT2D eigenvalue weighted by Gasteiger charge is -2.35. The second-order valence-corrected chi connectivity index (χ2v) is 2.42. The minimum atomic E-state index is -5.43. The largest absolute Gasteiger partial charge is 0.454 e. The molecule has 6 heteroatoms. The minimum absolute atomic E-state index is 0.119. The standard InChI is InChI=1S/C5H6F5N/c6-4(7,5(8,9)10)3-1-2-11-3/h3,11H,1-2H2. The van der Waals surface area contributed by atoms with E-state index in [1.54, 1.807) is 0 Å². The van der Waals surface area contributed by atoms with Gasteiger partial charge in [0, 0.05) is 0 Å². The molecule has 1 heterocycles. The van der Waals surface area contributed by atoms with E-state index in [1.807, 2.05) is 5.32 Å². The van der Waals surface area contributed by atoms with Gasteiger partial charge in [-0.05, 0) is 13.0 Å². The molecule has 66 valence electrons. The van der Waals surface area contributed by atoms with Gasteiger partial charge in [-0.25, -0.2) is 0 Å². The number of nitrogens with one attached hydrogen (secondary N) is 1. The van der Waals surface area contributed by atoms with Gasteiger partial charge in [0.1, 0.15) is 0 Å². The Kier molecular flexibility index (Phi) is 1.82. The molecule has 0 saturated carbocycles. The SMILES string of the molecule is FC(F)(F)C(F)(F)C1CCN1. The smallest absolute Gasteiger partial charge is 0.308 e.